The summed E-state index contributed by atoms with van der Waals surface area (Å²) in [5, 5.41) is 7.32. The Bertz CT molecular complexity index is 609. The molecule has 1 amide bonds. The summed E-state index contributed by atoms with van der Waals surface area (Å²) in [5.41, 5.74) is 9.15. The molecule has 0 spiro atoms. The highest BCUT2D eigenvalue weighted by molar-refractivity contribution is 5.90. The van der Waals surface area contributed by atoms with Crippen molar-refractivity contribution < 1.29 is 4.79 Å². The molecule has 2 aromatic rings. The number of amides is 1. The van der Waals surface area contributed by atoms with E-state index < -0.39 is 0 Å². The summed E-state index contributed by atoms with van der Waals surface area (Å²) >= 11 is 0. The first-order valence-corrected chi connectivity index (χ1v) is 6.74. The van der Waals surface area contributed by atoms with Crippen LogP contribution in [0.5, 0.6) is 0 Å². The fourth-order valence-corrected chi connectivity index (χ4v) is 2.09. The maximum absolute atomic E-state index is 11.7. The van der Waals surface area contributed by atoms with E-state index in [4.69, 9.17) is 5.73 Å². The van der Waals surface area contributed by atoms with Crippen LogP contribution in [0.3, 0.4) is 0 Å². The molecule has 21 heavy (non-hydrogen) atoms. The summed E-state index contributed by atoms with van der Waals surface area (Å²) in [4.78, 5) is 11.7. The number of carbonyl (C=O) groups excluding carboxylic acids is 1. The molecule has 1 aromatic heterocycles. The van der Waals surface area contributed by atoms with Gasteiger partial charge in [-0.3, -0.25) is 4.79 Å². The van der Waals surface area contributed by atoms with Crippen LogP contribution in [-0.2, 0) is 4.79 Å². The Morgan fingerprint density at radius 1 is 1.33 bits per heavy atom. The molecule has 5 nitrogen and oxygen atoms in total. The molecule has 0 saturated heterocycles. The standard InChI is InChI=1S/C15H20N4O.ClH/c1-11-9-12(2)19(18-11)14-6-3-5-13(10-14)17-15(20)7-4-8-16;/h3,5-6,9-10H,4,7-8,16H2,1-2H3,(H,17,20);1H. The number of anilines is 1. The normalized spacial score (nSPS) is 10.0. The Hall–Kier alpha value is -1.85. The molecule has 1 aromatic carbocycles. The number of benzene rings is 1. The third kappa shape index (κ3) is 4.58. The van der Waals surface area contributed by atoms with Crippen molar-refractivity contribution in [3.63, 3.8) is 0 Å². The lowest BCUT2D eigenvalue weighted by atomic mass is 10.2. The molecule has 0 aliphatic rings. The van der Waals surface area contributed by atoms with Crippen LogP contribution in [0.25, 0.3) is 5.69 Å². The number of rotatable bonds is 5. The maximum atomic E-state index is 11.7. The molecule has 114 valence electrons. The Morgan fingerprint density at radius 2 is 2.10 bits per heavy atom. The van der Waals surface area contributed by atoms with E-state index in [0.29, 0.717) is 19.4 Å². The van der Waals surface area contributed by atoms with Crippen molar-refractivity contribution >= 4 is 24.0 Å². The Balaban J connectivity index is 0.00000220. The zero-order chi connectivity index (χ0) is 14.5. The van der Waals surface area contributed by atoms with Gasteiger partial charge in [0.15, 0.2) is 0 Å². The molecule has 0 saturated carbocycles. The maximum Gasteiger partial charge on any atom is 0.224 e. The van der Waals surface area contributed by atoms with Gasteiger partial charge in [0.1, 0.15) is 0 Å². The van der Waals surface area contributed by atoms with Gasteiger partial charge in [-0.1, -0.05) is 6.07 Å². The average Bonchev–Trinajstić information content (AvgIpc) is 2.76. The third-order valence-electron chi connectivity index (χ3n) is 2.99. The number of nitrogens with one attached hydrogen (secondary N) is 1. The van der Waals surface area contributed by atoms with Gasteiger partial charge in [0, 0.05) is 17.8 Å². The molecule has 0 aliphatic carbocycles. The van der Waals surface area contributed by atoms with Crippen molar-refractivity contribution in [3.05, 3.63) is 41.7 Å². The van der Waals surface area contributed by atoms with Gasteiger partial charge < -0.3 is 11.1 Å². The second-order valence-electron chi connectivity index (χ2n) is 4.83. The first-order chi connectivity index (χ1) is 9.60. The minimum absolute atomic E-state index is 0. The molecular formula is C15H21ClN4O. The number of carbonyl (C=O) groups is 1. The van der Waals surface area contributed by atoms with E-state index in [-0.39, 0.29) is 18.3 Å². The Labute approximate surface area is 130 Å². The summed E-state index contributed by atoms with van der Waals surface area (Å²) in [6.45, 7) is 4.49. The minimum atomic E-state index is -0.0130. The first kappa shape index (κ1) is 17.2. The molecule has 3 N–H and O–H groups in total. The summed E-state index contributed by atoms with van der Waals surface area (Å²) in [6, 6.07) is 9.68. The van der Waals surface area contributed by atoms with Crippen LogP contribution in [0, 0.1) is 13.8 Å². The lowest BCUT2D eigenvalue weighted by Crippen LogP contribution is -2.13. The van der Waals surface area contributed by atoms with Crippen LogP contribution < -0.4 is 11.1 Å². The molecule has 0 aliphatic heterocycles. The van der Waals surface area contributed by atoms with Crippen molar-refractivity contribution in [1.29, 1.82) is 0 Å². The van der Waals surface area contributed by atoms with Gasteiger partial charge in [-0.25, -0.2) is 4.68 Å². The zero-order valence-electron chi connectivity index (χ0n) is 12.3. The fraction of sp³-hybridized carbons (Fsp3) is 0.333. The predicted molar refractivity (Wildman–Crippen MR) is 87.2 cm³/mol. The molecule has 2 rings (SSSR count). The fourth-order valence-electron chi connectivity index (χ4n) is 2.09. The van der Waals surface area contributed by atoms with Crippen LogP contribution in [-0.4, -0.2) is 22.2 Å². The second kappa shape index (κ2) is 7.81. The van der Waals surface area contributed by atoms with Gasteiger partial charge in [0.05, 0.1) is 11.4 Å². The Morgan fingerprint density at radius 3 is 2.71 bits per heavy atom. The number of nitrogens with two attached hydrogens (primary N) is 1. The second-order valence-corrected chi connectivity index (χ2v) is 4.83. The van der Waals surface area contributed by atoms with Gasteiger partial charge in [0.2, 0.25) is 5.91 Å². The topological polar surface area (TPSA) is 72.9 Å². The number of hydrogen-bond donors (Lipinski definition) is 2. The van der Waals surface area contributed by atoms with Gasteiger partial charge >= 0.3 is 0 Å². The van der Waals surface area contributed by atoms with E-state index in [1.807, 2.05) is 48.9 Å². The lowest BCUT2D eigenvalue weighted by Gasteiger charge is -2.08. The third-order valence-corrected chi connectivity index (χ3v) is 2.99. The van der Waals surface area contributed by atoms with Crippen LogP contribution in [0.4, 0.5) is 5.69 Å². The molecule has 0 atom stereocenters. The van der Waals surface area contributed by atoms with E-state index in [1.165, 1.54) is 0 Å². The number of aryl methyl sites for hydroxylation is 2. The van der Waals surface area contributed by atoms with Crippen molar-refractivity contribution in [2.45, 2.75) is 26.7 Å². The highest BCUT2D eigenvalue weighted by Gasteiger charge is 2.06. The highest BCUT2D eigenvalue weighted by atomic mass is 35.5. The molecule has 1 heterocycles. The van der Waals surface area contributed by atoms with Crippen molar-refractivity contribution in [3.8, 4) is 5.69 Å². The van der Waals surface area contributed by atoms with Crippen molar-refractivity contribution in [1.82, 2.24) is 9.78 Å². The quantitative estimate of drug-likeness (QED) is 0.891. The SMILES string of the molecule is Cc1cc(C)n(-c2cccc(NC(=O)CCCN)c2)n1.Cl. The van der Waals surface area contributed by atoms with Gasteiger partial charge in [-0.05, 0) is 51.1 Å². The van der Waals surface area contributed by atoms with Gasteiger partial charge in [-0.2, -0.15) is 5.10 Å². The smallest absolute Gasteiger partial charge is 0.224 e. The van der Waals surface area contributed by atoms with Crippen molar-refractivity contribution in [2.24, 2.45) is 5.73 Å². The van der Waals surface area contributed by atoms with E-state index in [1.54, 1.807) is 0 Å². The summed E-state index contributed by atoms with van der Waals surface area (Å²) in [7, 11) is 0. The summed E-state index contributed by atoms with van der Waals surface area (Å²) in [6.07, 6.45) is 1.14. The van der Waals surface area contributed by atoms with E-state index in [9.17, 15) is 4.79 Å². The summed E-state index contributed by atoms with van der Waals surface area (Å²) in [5.74, 6) is -0.0130. The number of aromatic nitrogens is 2. The van der Waals surface area contributed by atoms with Gasteiger partial charge in [-0.15, -0.1) is 12.4 Å². The first-order valence-electron chi connectivity index (χ1n) is 6.74. The zero-order valence-corrected chi connectivity index (χ0v) is 13.1. The van der Waals surface area contributed by atoms with Crippen LogP contribution in [0.1, 0.15) is 24.2 Å². The average molecular weight is 309 g/mol. The van der Waals surface area contributed by atoms with E-state index in [0.717, 1.165) is 22.8 Å². The number of hydrogen-bond acceptors (Lipinski definition) is 3. The van der Waals surface area contributed by atoms with E-state index in [2.05, 4.69) is 10.4 Å². The summed E-state index contributed by atoms with van der Waals surface area (Å²) < 4.78 is 1.87. The van der Waals surface area contributed by atoms with Crippen LogP contribution in [0.2, 0.25) is 0 Å². The molecule has 6 heteroatoms. The largest absolute Gasteiger partial charge is 0.330 e. The lowest BCUT2D eigenvalue weighted by molar-refractivity contribution is -0.116. The number of halogens is 1. The molecule has 0 bridgehead atoms. The molecule has 0 unspecified atom stereocenters. The predicted octanol–water partition coefficient (Wildman–Crippen LogP) is 2.59. The minimum Gasteiger partial charge on any atom is -0.330 e. The number of nitrogens with zero attached hydrogens (tertiary/aromatic N) is 2. The van der Waals surface area contributed by atoms with Gasteiger partial charge in [0.25, 0.3) is 0 Å². The monoisotopic (exact) mass is 308 g/mol. The molecular weight excluding hydrogens is 288 g/mol. The molecule has 0 radical (unpaired) electrons. The van der Waals surface area contributed by atoms with Crippen molar-refractivity contribution in [2.75, 3.05) is 11.9 Å². The molecule has 0 fully saturated rings. The van der Waals surface area contributed by atoms with Crippen LogP contribution >= 0.6 is 12.4 Å². The Kier molecular flexibility index (Phi) is 6.39. The highest BCUT2D eigenvalue weighted by Crippen LogP contribution is 2.17. The van der Waals surface area contributed by atoms with Crippen LogP contribution in [0.15, 0.2) is 30.3 Å². The van der Waals surface area contributed by atoms with E-state index >= 15 is 0 Å².